The summed E-state index contributed by atoms with van der Waals surface area (Å²) in [6.45, 7) is 2.01. The lowest BCUT2D eigenvalue weighted by Gasteiger charge is -2.15. The summed E-state index contributed by atoms with van der Waals surface area (Å²) in [5, 5.41) is 9.61. The molecule has 1 aromatic carbocycles. The van der Waals surface area contributed by atoms with E-state index in [4.69, 9.17) is 21.4 Å². The number of benzene rings is 1. The second-order valence-electron chi connectivity index (χ2n) is 5.43. The number of carboxylic acids is 1. The molecule has 18 heavy (non-hydrogen) atoms. The van der Waals surface area contributed by atoms with Crippen LogP contribution in [0.25, 0.3) is 0 Å². The quantitative estimate of drug-likeness (QED) is 0.914. The second-order valence-corrected chi connectivity index (χ2v) is 5.84. The maximum atomic E-state index is 10.9. The Labute approximate surface area is 111 Å². The lowest BCUT2D eigenvalue weighted by atomic mass is 9.90. The van der Waals surface area contributed by atoms with Crippen LogP contribution in [0.2, 0.25) is 5.02 Å². The van der Waals surface area contributed by atoms with E-state index >= 15 is 0 Å². The van der Waals surface area contributed by atoms with Gasteiger partial charge in [-0.1, -0.05) is 17.7 Å². The van der Waals surface area contributed by atoms with Gasteiger partial charge in [0.05, 0.1) is 11.4 Å². The van der Waals surface area contributed by atoms with Crippen molar-refractivity contribution in [3.05, 3.63) is 28.3 Å². The highest BCUT2D eigenvalue weighted by molar-refractivity contribution is 6.32. The predicted molar refractivity (Wildman–Crippen MR) is 68.4 cm³/mol. The summed E-state index contributed by atoms with van der Waals surface area (Å²) in [7, 11) is 0. The normalized spacial score (nSPS) is 23.3. The predicted octanol–water partition coefficient (Wildman–Crippen LogP) is 3.17. The van der Waals surface area contributed by atoms with E-state index in [1.807, 2.05) is 13.0 Å². The number of fused-ring (bicyclic) bond motifs is 1. The van der Waals surface area contributed by atoms with Gasteiger partial charge in [0.25, 0.3) is 0 Å². The molecule has 1 aliphatic carbocycles. The topological polar surface area (TPSA) is 46.5 Å². The summed E-state index contributed by atoms with van der Waals surface area (Å²) < 4.78 is 5.66. The van der Waals surface area contributed by atoms with E-state index in [1.165, 1.54) is 0 Å². The number of hydrogen-bond donors (Lipinski definition) is 1. The van der Waals surface area contributed by atoms with E-state index in [2.05, 4.69) is 6.07 Å². The molecule has 1 saturated carbocycles. The van der Waals surface area contributed by atoms with Crippen LogP contribution >= 0.6 is 11.6 Å². The van der Waals surface area contributed by atoms with Gasteiger partial charge in [-0.3, -0.25) is 4.79 Å². The third-order valence-electron chi connectivity index (χ3n) is 3.90. The number of carboxylic acid groups (broad SMARTS) is 1. The number of aliphatic carboxylic acids is 1. The van der Waals surface area contributed by atoms with Crippen molar-refractivity contribution >= 4 is 17.6 Å². The molecule has 0 aromatic heterocycles. The first kappa shape index (κ1) is 11.8. The highest BCUT2D eigenvalue weighted by Gasteiger charge is 2.46. The number of hydrogen-bond acceptors (Lipinski definition) is 2. The van der Waals surface area contributed by atoms with Crippen molar-refractivity contribution in [1.29, 1.82) is 0 Å². The van der Waals surface area contributed by atoms with Gasteiger partial charge in [-0.15, -0.1) is 0 Å². The zero-order chi connectivity index (χ0) is 12.9. The molecule has 3 nitrogen and oxygen atoms in total. The maximum absolute atomic E-state index is 10.9. The molecule has 96 valence electrons. The van der Waals surface area contributed by atoms with Gasteiger partial charge in [0.2, 0.25) is 0 Å². The minimum atomic E-state index is -0.742. The average Bonchev–Trinajstić information content (AvgIpc) is 2.92. The molecule has 3 rings (SSSR count). The van der Waals surface area contributed by atoms with Crippen molar-refractivity contribution < 1.29 is 14.6 Å². The Morgan fingerprint density at radius 1 is 1.56 bits per heavy atom. The smallest absolute Gasteiger partial charge is 0.304 e. The summed E-state index contributed by atoms with van der Waals surface area (Å²) in [6, 6.07) is 3.97. The Bertz CT molecular complexity index is 520. The van der Waals surface area contributed by atoms with Crippen molar-refractivity contribution in [1.82, 2.24) is 0 Å². The third kappa shape index (κ3) is 1.87. The third-order valence-corrected chi connectivity index (χ3v) is 4.18. The van der Waals surface area contributed by atoms with Gasteiger partial charge in [-0.25, -0.2) is 0 Å². The molecule has 0 amide bonds. The minimum absolute atomic E-state index is 0.155. The van der Waals surface area contributed by atoms with Crippen LogP contribution in [0.1, 0.15) is 37.3 Å². The fourth-order valence-electron chi connectivity index (χ4n) is 2.80. The molecule has 1 heterocycles. The van der Waals surface area contributed by atoms with E-state index in [1.54, 1.807) is 0 Å². The van der Waals surface area contributed by atoms with Gasteiger partial charge in [0.15, 0.2) is 0 Å². The summed E-state index contributed by atoms with van der Waals surface area (Å²) in [6.07, 6.45) is 3.07. The zero-order valence-electron chi connectivity index (χ0n) is 10.2. The lowest BCUT2D eigenvalue weighted by molar-refractivity contribution is -0.137. The molecule has 1 atom stereocenters. The molecule has 1 fully saturated rings. The molecule has 4 heteroatoms. The van der Waals surface area contributed by atoms with Crippen LogP contribution in [0.5, 0.6) is 5.75 Å². The van der Waals surface area contributed by atoms with Crippen LogP contribution in [0, 0.1) is 0 Å². The molecule has 0 saturated heterocycles. The first-order valence-electron chi connectivity index (χ1n) is 6.21. The van der Waals surface area contributed by atoms with Gasteiger partial charge < -0.3 is 9.84 Å². The monoisotopic (exact) mass is 266 g/mol. The van der Waals surface area contributed by atoms with Crippen molar-refractivity contribution in [2.75, 3.05) is 0 Å². The Morgan fingerprint density at radius 2 is 2.28 bits per heavy atom. The van der Waals surface area contributed by atoms with Crippen LogP contribution in [0.15, 0.2) is 12.1 Å². The van der Waals surface area contributed by atoms with Crippen LogP contribution in [0.3, 0.4) is 0 Å². The van der Waals surface area contributed by atoms with E-state index in [9.17, 15) is 4.79 Å². The van der Waals surface area contributed by atoms with Crippen LogP contribution in [-0.4, -0.2) is 17.2 Å². The fourth-order valence-corrected chi connectivity index (χ4v) is 3.08. The van der Waals surface area contributed by atoms with Gasteiger partial charge in [0, 0.05) is 11.8 Å². The Hall–Kier alpha value is -1.22. The number of halogens is 1. The highest BCUT2D eigenvalue weighted by Crippen LogP contribution is 2.53. The Balaban J connectivity index is 1.98. The van der Waals surface area contributed by atoms with Gasteiger partial charge >= 0.3 is 5.97 Å². The molecular formula is C14H15ClO3. The van der Waals surface area contributed by atoms with Crippen molar-refractivity contribution in [3.8, 4) is 5.75 Å². The van der Waals surface area contributed by atoms with Gasteiger partial charge in [0.1, 0.15) is 11.9 Å². The molecule has 1 unspecified atom stereocenters. The first-order valence-corrected chi connectivity index (χ1v) is 6.59. The summed E-state index contributed by atoms with van der Waals surface area (Å²) in [5.74, 6) is 0.0350. The highest BCUT2D eigenvalue weighted by atomic mass is 35.5. The first-order chi connectivity index (χ1) is 8.50. The van der Waals surface area contributed by atoms with E-state index in [0.717, 1.165) is 36.1 Å². The molecule has 2 aliphatic rings. The molecule has 1 aromatic rings. The van der Waals surface area contributed by atoms with Crippen molar-refractivity contribution in [3.63, 3.8) is 0 Å². The minimum Gasteiger partial charge on any atom is -0.489 e. The van der Waals surface area contributed by atoms with Crippen LogP contribution in [0.4, 0.5) is 0 Å². The molecule has 1 aliphatic heterocycles. The second kappa shape index (κ2) is 3.89. The standard InChI is InChI=1S/C14H15ClO3/c1-8-4-9-5-10(6-11(15)13(9)18-8)14(2-3-14)7-12(16)17/h5-6,8H,2-4,7H2,1H3,(H,16,17). The molecule has 1 N–H and O–H groups in total. The summed E-state index contributed by atoms with van der Waals surface area (Å²) in [4.78, 5) is 10.9. The number of ether oxygens (including phenoxy) is 1. The number of rotatable bonds is 3. The molecule has 0 radical (unpaired) electrons. The van der Waals surface area contributed by atoms with E-state index < -0.39 is 5.97 Å². The molecule has 0 spiro atoms. The SMILES string of the molecule is CC1Cc2cc(C3(CC(=O)O)CC3)cc(Cl)c2O1. The maximum Gasteiger partial charge on any atom is 0.304 e. The zero-order valence-corrected chi connectivity index (χ0v) is 11.0. The van der Waals surface area contributed by atoms with Gasteiger partial charge in [-0.05, 0) is 37.0 Å². The van der Waals surface area contributed by atoms with Gasteiger partial charge in [-0.2, -0.15) is 0 Å². The van der Waals surface area contributed by atoms with Crippen LogP contribution in [-0.2, 0) is 16.6 Å². The van der Waals surface area contributed by atoms with Crippen molar-refractivity contribution in [2.24, 2.45) is 0 Å². The van der Waals surface area contributed by atoms with Crippen LogP contribution < -0.4 is 4.74 Å². The summed E-state index contributed by atoms with van der Waals surface area (Å²) >= 11 is 6.24. The Kier molecular flexibility index (Phi) is 2.56. The van der Waals surface area contributed by atoms with Crippen molar-refractivity contribution in [2.45, 2.75) is 44.1 Å². The fraction of sp³-hybridized carbons (Fsp3) is 0.500. The largest absolute Gasteiger partial charge is 0.489 e. The average molecular weight is 267 g/mol. The summed E-state index contributed by atoms with van der Waals surface area (Å²) in [5.41, 5.74) is 1.99. The lowest BCUT2D eigenvalue weighted by Crippen LogP contribution is -2.13. The number of carbonyl (C=O) groups is 1. The molecule has 0 bridgehead atoms. The molecular weight excluding hydrogens is 252 g/mol. The van der Waals surface area contributed by atoms with E-state index in [0.29, 0.717) is 5.02 Å². The Morgan fingerprint density at radius 3 is 2.89 bits per heavy atom. The van der Waals surface area contributed by atoms with E-state index in [-0.39, 0.29) is 17.9 Å².